The molecule has 38 heavy (non-hydrogen) atoms. The number of carbonyl (C=O) groups is 3. The second kappa shape index (κ2) is 10.2. The number of aliphatic hydroxyl groups is 1. The van der Waals surface area contributed by atoms with Crippen LogP contribution in [0.4, 0.5) is 14.9 Å². The molecular weight excluding hydrogens is 517 g/mol. The number of halogens is 2. The summed E-state index contributed by atoms with van der Waals surface area (Å²) in [4.78, 5) is 46.7. The Morgan fingerprint density at radius 3 is 2.63 bits per heavy atom. The normalized spacial score (nSPS) is 20.3. The van der Waals surface area contributed by atoms with Crippen LogP contribution in [-0.4, -0.2) is 83.4 Å². The number of amides is 3. The van der Waals surface area contributed by atoms with Crippen molar-refractivity contribution in [1.82, 2.24) is 20.1 Å². The van der Waals surface area contributed by atoms with Crippen molar-refractivity contribution >= 4 is 46.1 Å². The summed E-state index contributed by atoms with van der Waals surface area (Å²) in [6, 6.07) is 10.7. The molecule has 2 saturated heterocycles. The van der Waals surface area contributed by atoms with Gasteiger partial charge in [-0.05, 0) is 55.1 Å². The Kier molecular flexibility index (Phi) is 6.99. The molecule has 200 valence electrons. The van der Waals surface area contributed by atoms with Gasteiger partial charge in [-0.1, -0.05) is 11.6 Å². The molecule has 0 bridgehead atoms. The van der Waals surface area contributed by atoms with E-state index in [0.29, 0.717) is 30.0 Å². The highest BCUT2D eigenvalue weighted by Gasteiger charge is 2.49. The monoisotopic (exact) mass is 543 g/mol. The average molecular weight is 544 g/mol. The number of carbonyl (C=O) groups excluding carboxylic acids is 3. The molecule has 0 spiro atoms. The zero-order chi connectivity index (χ0) is 27.0. The number of ether oxygens (including phenoxy) is 1. The minimum atomic E-state index is -2.35. The Labute approximate surface area is 222 Å². The van der Waals surface area contributed by atoms with Gasteiger partial charge in [-0.15, -0.1) is 0 Å². The molecule has 0 saturated carbocycles. The van der Waals surface area contributed by atoms with Gasteiger partial charge < -0.3 is 34.8 Å². The smallest absolute Gasteiger partial charge is 0.407 e. The lowest BCUT2D eigenvalue weighted by molar-refractivity contribution is -0.175. The van der Waals surface area contributed by atoms with E-state index in [1.165, 1.54) is 17.0 Å². The van der Waals surface area contributed by atoms with Crippen molar-refractivity contribution in [2.75, 3.05) is 44.7 Å². The third-order valence-electron chi connectivity index (χ3n) is 6.81. The molecule has 0 unspecified atom stereocenters. The van der Waals surface area contributed by atoms with Gasteiger partial charge in [0.05, 0.1) is 0 Å². The molecule has 3 N–H and O–H groups in total. The van der Waals surface area contributed by atoms with Crippen LogP contribution >= 0.6 is 11.6 Å². The number of nitrogens with one attached hydrogen (secondary N) is 2. The second-order valence-electron chi connectivity index (χ2n) is 9.56. The lowest BCUT2D eigenvalue weighted by atomic mass is 10.2. The van der Waals surface area contributed by atoms with Gasteiger partial charge in [-0.2, -0.15) is 0 Å². The molecule has 3 amide bonds. The van der Waals surface area contributed by atoms with Crippen molar-refractivity contribution in [3.05, 3.63) is 64.6 Å². The van der Waals surface area contributed by atoms with Crippen molar-refractivity contribution in [2.24, 2.45) is 0 Å². The molecule has 3 aromatic rings. The van der Waals surface area contributed by atoms with E-state index >= 15 is 0 Å². The van der Waals surface area contributed by atoms with E-state index in [-0.39, 0.29) is 30.4 Å². The van der Waals surface area contributed by atoms with Crippen LogP contribution in [0.1, 0.15) is 22.5 Å². The molecule has 5 rings (SSSR count). The molecule has 0 aliphatic carbocycles. The van der Waals surface area contributed by atoms with E-state index < -0.39 is 23.6 Å². The fraction of sp³-hybridized carbons (Fsp3) is 0.346. The van der Waals surface area contributed by atoms with Gasteiger partial charge in [0, 0.05) is 67.3 Å². The minimum absolute atomic E-state index is 0.0811. The number of hydrogen-bond acceptors (Lipinski definition) is 6. The van der Waals surface area contributed by atoms with Gasteiger partial charge >= 0.3 is 6.09 Å². The first-order valence-corrected chi connectivity index (χ1v) is 12.6. The molecule has 2 aliphatic rings. The molecule has 3 heterocycles. The van der Waals surface area contributed by atoms with Crippen LogP contribution in [0.3, 0.4) is 0 Å². The maximum atomic E-state index is 13.5. The highest BCUT2D eigenvalue weighted by Crippen LogP contribution is 2.32. The average Bonchev–Trinajstić information content (AvgIpc) is 3.42. The maximum Gasteiger partial charge on any atom is 0.410 e. The van der Waals surface area contributed by atoms with Crippen LogP contribution in [0.25, 0.3) is 10.9 Å². The summed E-state index contributed by atoms with van der Waals surface area (Å²) in [6.07, 6.45) is -1.17. The van der Waals surface area contributed by atoms with E-state index in [9.17, 15) is 23.9 Å². The predicted octanol–water partition coefficient (Wildman–Crippen LogP) is 2.70. The van der Waals surface area contributed by atoms with Crippen LogP contribution in [0.2, 0.25) is 5.02 Å². The van der Waals surface area contributed by atoms with Crippen molar-refractivity contribution < 1.29 is 28.6 Å². The van der Waals surface area contributed by atoms with Crippen LogP contribution in [0, 0.1) is 5.82 Å². The van der Waals surface area contributed by atoms with Gasteiger partial charge in [0.1, 0.15) is 11.5 Å². The highest BCUT2D eigenvalue weighted by molar-refractivity contribution is 6.30. The fourth-order valence-corrected chi connectivity index (χ4v) is 4.93. The number of benzene rings is 2. The summed E-state index contributed by atoms with van der Waals surface area (Å²) in [5, 5.41) is 14.1. The number of rotatable bonds is 5. The number of anilines is 1. The number of likely N-dealkylation sites (N-methyl/N-ethyl adjacent to an activating group) is 1. The van der Waals surface area contributed by atoms with Crippen molar-refractivity contribution in [1.29, 1.82) is 0 Å². The van der Waals surface area contributed by atoms with Gasteiger partial charge in [-0.25, -0.2) is 9.18 Å². The number of hydrogen-bond donors (Lipinski definition) is 3. The summed E-state index contributed by atoms with van der Waals surface area (Å²) in [6.45, 7) is 2.94. The third-order valence-corrected chi connectivity index (χ3v) is 7.03. The lowest BCUT2D eigenvalue weighted by Crippen LogP contribution is -2.47. The van der Waals surface area contributed by atoms with E-state index in [0.717, 1.165) is 30.1 Å². The van der Waals surface area contributed by atoms with Crippen molar-refractivity contribution in [3.63, 3.8) is 0 Å². The third kappa shape index (κ3) is 5.31. The number of H-pyrrole nitrogens is 1. The Balaban J connectivity index is 1.24. The highest BCUT2D eigenvalue weighted by atomic mass is 35.5. The largest absolute Gasteiger partial charge is 0.410 e. The molecule has 1 aromatic heterocycles. The van der Waals surface area contributed by atoms with Crippen molar-refractivity contribution in [2.45, 2.75) is 18.8 Å². The molecule has 10 nitrogen and oxygen atoms in total. The molecule has 2 fully saturated rings. The summed E-state index contributed by atoms with van der Waals surface area (Å²) in [5.41, 5.74) is 2.09. The number of alkyl carbamates (subject to hydrolysis) is 1. The predicted molar refractivity (Wildman–Crippen MR) is 138 cm³/mol. The van der Waals surface area contributed by atoms with Crippen molar-refractivity contribution in [3.8, 4) is 0 Å². The van der Waals surface area contributed by atoms with Crippen LogP contribution in [0.5, 0.6) is 0 Å². The standard InChI is InChI=1S/C26H27ClFN5O5/c1-31-6-8-32(9-7-31)23(34)22-13-17-12-20(2-3-21(17)30-22)33-5-4-26(37,24(33)35)38-25(36)29-15-16-10-18(27)14-19(28)11-16/h2-3,10-14,30,37H,4-9,15H2,1H3,(H,29,36)/t26-/m0/s1. The number of aromatic amines is 1. The molecule has 2 aliphatic heterocycles. The molecule has 12 heteroatoms. The molecule has 0 radical (unpaired) electrons. The zero-order valence-electron chi connectivity index (χ0n) is 20.7. The van der Waals surface area contributed by atoms with Gasteiger partial charge in [-0.3, -0.25) is 9.59 Å². The van der Waals surface area contributed by atoms with Gasteiger partial charge in [0.2, 0.25) is 0 Å². The first-order valence-electron chi connectivity index (χ1n) is 12.2. The molecule has 1 atom stereocenters. The SMILES string of the molecule is CN1CCN(C(=O)c2cc3cc(N4CC[C@](O)(OC(=O)NCc5cc(F)cc(Cl)c5)C4=O)ccc3[nH]2)CC1. The maximum absolute atomic E-state index is 13.5. The number of aromatic nitrogens is 1. The Hall–Kier alpha value is -3.67. The van der Waals surface area contributed by atoms with Gasteiger partial charge in [0.25, 0.3) is 17.6 Å². The lowest BCUT2D eigenvalue weighted by Gasteiger charge is -2.32. The number of piperazine rings is 1. The summed E-state index contributed by atoms with van der Waals surface area (Å²) >= 11 is 5.82. The second-order valence-corrected chi connectivity index (χ2v) is 10.00. The van der Waals surface area contributed by atoms with E-state index in [2.05, 4.69) is 15.2 Å². The van der Waals surface area contributed by atoms with Gasteiger partial charge in [0.15, 0.2) is 0 Å². The zero-order valence-corrected chi connectivity index (χ0v) is 21.4. The van der Waals surface area contributed by atoms with E-state index in [4.69, 9.17) is 16.3 Å². The minimum Gasteiger partial charge on any atom is -0.407 e. The first kappa shape index (κ1) is 26.0. The number of nitrogens with zero attached hydrogens (tertiary/aromatic N) is 3. The van der Waals surface area contributed by atoms with Crippen LogP contribution < -0.4 is 10.2 Å². The van der Waals surface area contributed by atoms with E-state index in [1.807, 2.05) is 7.05 Å². The molecular formula is C26H27ClFN5O5. The fourth-order valence-electron chi connectivity index (χ4n) is 4.68. The molecule has 2 aromatic carbocycles. The summed E-state index contributed by atoms with van der Waals surface area (Å²) in [7, 11) is 2.02. The Morgan fingerprint density at radius 2 is 1.89 bits per heavy atom. The first-order chi connectivity index (χ1) is 18.1. The summed E-state index contributed by atoms with van der Waals surface area (Å²) in [5.74, 6) is -3.77. The summed E-state index contributed by atoms with van der Waals surface area (Å²) < 4.78 is 18.6. The Morgan fingerprint density at radius 1 is 1.13 bits per heavy atom. The Bertz CT molecular complexity index is 1390. The topological polar surface area (TPSA) is 118 Å². The van der Waals surface area contributed by atoms with E-state index in [1.54, 1.807) is 29.2 Å². The van der Waals surface area contributed by atoms with Crippen LogP contribution in [-0.2, 0) is 16.1 Å². The quantitative estimate of drug-likeness (QED) is 0.426. The number of fused-ring (bicyclic) bond motifs is 1. The van der Waals surface area contributed by atoms with Crippen LogP contribution in [0.15, 0.2) is 42.5 Å².